The van der Waals surface area contributed by atoms with Gasteiger partial charge < -0.3 is 5.11 Å². The summed E-state index contributed by atoms with van der Waals surface area (Å²) in [5, 5.41) is 10.2. The summed E-state index contributed by atoms with van der Waals surface area (Å²) in [7, 11) is 0. The third-order valence-corrected chi connectivity index (χ3v) is 6.79. The summed E-state index contributed by atoms with van der Waals surface area (Å²) in [4.78, 5) is 0. The Bertz CT molecular complexity index is 289. The van der Waals surface area contributed by atoms with Crippen molar-refractivity contribution in [2.24, 2.45) is 28.6 Å². The van der Waals surface area contributed by atoms with Crippen molar-refractivity contribution < 1.29 is 5.11 Å². The maximum absolute atomic E-state index is 10.2. The van der Waals surface area contributed by atoms with Crippen LogP contribution in [0.3, 0.4) is 0 Å². The molecule has 4 bridgehead atoms. The molecule has 1 heteroatoms. The first-order valence-electron chi connectivity index (χ1n) is 8.30. The molecule has 18 heavy (non-hydrogen) atoms. The van der Waals surface area contributed by atoms with Crippen LogP contribution in [0.2, 0.25) is 0 Å². The Morgan fingerprint density at radius 2 is 1.50 bits per heavy atom. The molecule has 4 saturated carbocycles. The van der Waals surface area contributed by atoms with Gasteiger partial charge in [0.2, 0.25) is 0 Å². The second-order valence-electron chi connectivity index (χ2n) is 7.64. The summed E-state index contributed by atoms with van der Waals surface area (Å²) in [5.41, 5.74) is 0.812. The molecular weight excluding hydrogens is 220 g/mol. The lowest BCUT2D eigenvalue weighted by Gasteiger charge is -2.68. The van der Waals surface area contributed by atoms with Gasteiger partial charge in [0, 0.05) is 6.61 Å². The molecule has 0 radical (unpaired) electrons. The van der Waals surface area contributed by atoms with E-state index < -0.39 is 0 Å². The quantitative estimate of drug-likeness (QED) is 0.767. The Morgan fingerprint density at radius 3 is 1.94 bits per heavy atom. The monoisotopic (exact) mass is 250 g/mol. The van der Waals surface area contributed by atoms with Crippen LogP contribution in [0.15, 0.2) is 0 Å². The first-order valence-corrected chi connectivity index (χ1v) is 8.30. The molecule has 2 unspecified atom stereocenters. The van der Waals surface area contributed by atoms with Gasteiger partial charge in [-0.25, -0.2) is 0 Å². The molecule has 1 nitrogen and oxygen atoms in total. The molecule has 0 aromatic rings. The number of hydrogen-bond donors (Lipinski definition) is 1. The van der Waals surface area contributed by atoms with Crippen LogP contribution in [0, 0.1) is 28.6 Å². The van der Waals surface area contributed by atoms with Crippen molar-refractivity contribution in [3.63, 3.8) is 0 Å². The molecule has 0 aromatic heterocycles. The van der Waals surface area contributed by atoms with E-state index in [0.717, 1.165) is 17.8 Å². The highest BCUT2D eigenvalue weighted by atomic mass is 16.3. The Balaban J connectivity index is 1.99. The van der Waals surface area contributed by atoms with Crippen molar-refractivity contribution in [1.82, 2.24) is 0 Å². The summed E-state index contributed by atoms with van der Waals surface area (Å²) in [5.74, 6) is 2.85. The maximum Gasteiger partial charge on any atom is 0.0493 e. The van der Waals surface area contributed by atoms with E-state index in [9.17, 15) is 5.11 Å². The van der Waals surface area contributed by atoms with Gasteiger partial charge in [0.05, 0.1) is 0 Å². The van der Waals surface area contributed by atoms with Gasteiger partial charge in [0.15, 0.2) is 0 Å². The first-order chi connectivity index (χ1) is 8.69. The molecule has 4 aliphatic carbocycles. The molecule has 2 atom stereocenters. The average molecular weight is 250 g/mol. The summed E-state index contributed by atoms with van der Waals surface area (Å²) >= 11 is 0. The minimum Gasteiger partial charge on any atom is -0.396 e. The third kappa shape index (κ3) is 1.55. The topological polar surface area (TPSA) is 20.2 Å². The molecule has 0 saturated heterocycles. The van der Waals surface area contributed by atoms with E-state index in [1.807, 2.05) is 0 Å². The van der Waals surface area contributed by atoms with E-state index in [1.165, 1.54) is 57.8 Å². The van der Waals surface area contributed by atoms with E-state index in [-0.39, 0.29) is 0 Å². The van der Waals surface area contributed by atoms with Gasteiger partial charge in [0.25, 0.3) is 0 Å². The normalized spacial score (nSPS) is 44.5. The zero-order chi connectivity index (χ0) is 12.8. The van der Waals surface area contributed by atoms with Crippen LogP contribution in [0.4, 0.5) is 0 Å². The largest absolute Gasteiger partial charge is 0.396 e. The molecule has 4 fully saturated rings. The number of hydrogen-bond acceptors (Lipinski definition) is 1. The molecule has 0 amide bonds. The van der Waals surface area contributed by atoms with Gasteiger partial charge in [-0.3, -0.25) is 0 Å². The Kier molecular flexibility index (Phi) is 3.25. The van der Waals surface area contributed by atoms with Gasteiger partial charge >= 0.3 is 0 Å². The van der Waals surface area contributed by atoms with Crippen molar-refractivity contribution in [2.45, 2.75) is 71.6 Å². The van der Waals surface area contributed by atoms with Crippen LogP contribution in [0.1, 0.15) is 71.6 Å². The minimum absolute atomic E-state index is 0.313. The molecule has 4 aliphatic rings. The fraction of sp³-hybridized carbons (Fsp3) is 1.00. The van der Waals surface area contributed by atoms with Gasteiger partial charge in [-0.05, 0) is 73.5 Å². The van der Waals surface area contributed by atoms with Crippen LogP contribution in [-0.2, 0) is 0 Å². The van der Waals surface area contributed by atoms with Crippen molar-refractivity contribution in [1.29, 1.82) is 0 Å². The van der Waals surface area contributed by atoms with Crippen molar-refractivity contribution >= 4 is 0 Å². The van der Waals surface area contributed by atoms with Crippen molar-refractivity contribution in [3.8, 4) is 0 Å². The lowest BCUT2D eigenvalue weighted by atomic mass is 9.37. The SMILES string of the molecule is CCCC1(CCC)C2CC3CC(C2)CC1(CO)C3. The van der Waals surface area contributed by atoms with Gasteiger partial charge in [-0.2, -0.15) is 0 Å². The van der Waals surface area contributed by atoms with E-state index in [2.05, 4.69) is 13.8 Å². The van der Waals surface area contributed by atoms with Gasteiger partial charge in [-0.15, -0.1) is 0 Å². The summed E-state index contributed by atoms with van der Waals surface area (Å²) in [6, 6.07) is 0. The highest BCUT2D eigenvalue weighted by molar-refractivity contribution is 5.12. The van der Waals surface area contributed by atoms with Gasteiger partial charge in [-0.1, -0.05) is 26.7 Å². The Hall–Kier alpha value is -0.0400. The average Bonchev–Trinajstić information content (AvgIpc) is 2.35. The van der Waals surface area contributed by atoms with Crippen molar-refractivity contribution in [3.05, 3.63) is 0 Å². The molecule has 104 valence electrons. The Labute approximate surface area is 112 Å². The lowest BCUT2D eigenvalue weighted by Crippen LogP contribution is -2.61. The van der Waals surface area contributed by atoms with Crippen LogP contribution in [-0.4, -0.2) is 11.7 Å². The van der Waals surface area contributed by atoms with E-state index >= 15 is 0 Å². The summed E-state index contributed by atoms with van der Waals surface area (Å²) < 4.78 is 0. The second-order valence-corrected chi connectivity index (χ2v) is 7.64. The molecule has 0 aromatic carbocycles. The van der Waals surface area contributed by atoms with Crippen LogP contribution in [0.25, 0.3) is 0 Å². The number of aliphatic hydroxyl groups excluding tert-OH is 1. The Morgan fingerprint density at radius 1 is 0.944 bits per heavy atom. The molecule has 1 N–H and O–H groups in total. The van der Waals surface area contributed by atoms with Crippen molar-refractivity contribution in [2.75, 3.05) is 6.61 Å². The molecule has 0 spiro atoms. The molecular formula is C17H30O. The molecule has 0 heterocycles. The van der Waals surface area contributed by atoms with E-state index in [1.54, 1.807) is 0 Å². The minimum atomic E-state index is 0.313. The standard InChI is InChI=1S/C17H30O/c1-3-5-17(6-4-2)15-8-13-7-14(9-15)11-16(17,10-13)12-18/h13-15,18H,3-12H2,1-2H3. The third-order valence-electron chi connectivity index (χ3n) is 6.79. The zero-order valence-corrected chi connectivity index (χ0v) is 12.3. The fourth-order valence-electron chi connectivity index (χ4n) is 6.62. The van der Waals surface area contributed by atoms with Crippen LogP contribution < -0.4 is 0 Å². The number of aliphatic hydroxyl groups is 1. The maximum atomic E-state index is 10.2. The van der Waals surface area contributed by atoms with Gasteiger partial charge in [0.1, 0.15) is 0 Å². The second kappa shape index (κ2) is 4.51. The predicted molar refractivity (Wildman–Crippen MR) is 75.3 cm³/mol. The summed E-state index contributed by atoms with van der Waals surface area (Å²) in [6.07, 6.45) is 12.5. The summed E-state index contributed by atoms with van der Waals surface area (Å²) in [6.45, 7) is 5.15. The smallest absolute Gasteiger partial charge is 0.0493 e. The van der Waals surface area contributed by atoms with Crippen LogP contribution >= 0.6 is 0 Å². The zero-order valence-electron chi connectivity index (χ0n) is 12.3. The lowest BCUT2D eigenvalue weighted by molar-refractivity contribution is -0.202. The highest BCUT2D eigenvalue weighted by Crippen LogP contribution is 2.71. The number of rotatable bonds is 5. The molecule has 0 aliphatic heterocycles. The van der Waals surface area contributed by atoms with E-state index in [4.69, 9.17) is 0 Å². The molecule has 4 rings (SSSR count). The first kappa shape index (κ1) is 13.0. The van der Waals surface area contributed by atoms with E-state index in [0.29, 0.717) is 17.4 Å². The predicted octanol–water partition coefficient (Wildman–Crippen LogP) is 4.39. The van der Waals surface area contributed by atoms with Crippen LogP contribution in [0.5, 0.6) is 0 Å². The highest BCUT2D eigenvalue weighted by Gasteiger charge is 2.63. The fourth-order valence-corrected chi connectivity index (χ4v) is 6.62.